The number of esters is 1. The topological polar surface area (TPSA) is 29.5 Å². The lowest BCUT2D eigenvalue weighted by atomic mass is 9.90. The van der Waals surface area contributed by atoms with Gasteiger partial charge in [0.2, 0.25) is 0 Å². The van der Waals surface area contributed by atoms with Crippen LogP contribution in [-0.2, 0) is 9.53 Å². The number of ether oxygens (including phenoxy) is 1. The third kappa shape index (κ3) is 9.71. The maximum Gasteiger partial charge on any atom is 0.333 e. The Balaban J connectivity index is 4.14. The molecule has 0 aromatic carbocycles. The molecule has 0 aromatic rings. The molecule has 0 aromatic heterocycles. The fourth-order valence-electron chi connectivity index (χ4n) is 1.77. The van der Waals surface area contributed by atoms with Crippen LogP contribution in [0.3, 0.4) is 0 Å². The average molecular weight is 269 g/mol. The van der Waals surface area contributed by atoms with Crippen molar-refractivity contribution in [2.75, 3.05) is 26.7 Å². The smallest absolute Gasteiger partial charge is 0.333 e. The minimum absolute atomic E-state index is 0.0439. The predicted molar refractivity (Wildman–Crippen MR) is 81.1 cm³/mol. The van der Waals surface area contributed by atoms with Crippen LogP contribution in [0.25, 0.3) is 0 Å². The second-order valence-corrected chi connectivity index (χ2v) is 7.57. The van der Waals surface area contributed by atoms with E-state index in [9.17, 15) is 4.79 Å². The van der Waals surface area contributed by atoms with Crippen molar-refractivity contribution in [2.45, 2.75) is 48.0 Å². The zero-order valence-electron chi connectivity index (χ0n) is 13.8. The van der Waals surface area contributed by atoms with Crippen LogP contribution in [0.2, 0.25) is 0 Å². The predicted octanol–water partition coefficient (Wildman–Crippen LogP) is 3.50. The van der Waals surface area contributed by atoms with E-state index in [1.807, 2.05) is 0 Å². The molecule has 0 N–H and O–H groups in total. The summed E-state index contributed by atoms with van der Waals surface area (Å²) in [5.74, 6) is -0.301. The monoisotopic (exact) mass is 269 g/mol. The zero-order chi connectivity index (χ0) is 15.3. The van der Waals surface area contributed by atoms with Crippen molar-refractivity contribution in [3.8, 4) is 0 Å². The van der Waals surface area contributed by atoms with Gasteiger partial charge in [0.1, 0.15) is 0 Å². The molecule has 19 heavy (non-hydrogen) atoms. The van der Waals surface area contributed by atoms with Crippen LogP contribution in [0.5, 0.6) is 0 Å². The first kappa shape index (κ1) is 18.2. The molecule has 0 rings (SSSR count). The lowest BCUT2D eigenvalue weighted by molar-refractivity contribution is -0.142. The molecule has 0 saturated carbocycles. The Hall–Kier alpha value is -0.830. The number of nitrogens with zero attached hydrogens (tertiary/aromatic N) is 1. The van der Waals surface area contributed by atoms with Gasteiger partial charge in [0.15, 0.2) is 0 Å². The van der Waals surface area contributed by atoms with Gasteiger partial charge in [0.25, 0.3) is 0 Å². The van der Waals surface area contributed by atoms with Crippen LogP contribution in [0, 0.1) is 10.8 Å². The number of hydrogen-bond acceptors (Lipinski definition) is 3. The fourth-order valence-corrected chi connectivity index (χ4v) is 1.77. The van der Waals surface area contributed by atoms with E-state index in [-0.39, 0.29) is 11.4 Å². The summed E-state index contributed by atoms with van der Waals surface area (Å²) < 4.78 is 5.25. The van der Waals surface area contributed by atoms with E-state index in [2.05, 4.69) is 53.1 Å². The Labute approximate surface area is 119 Å². The summed E-state index contributed by atoms with van der Waals surface area (Å²) in [5, 5.41) is 0. The molecule has 0 aliphatic carbocycles. The first-order valence-electron chi connectivity index (χ1n) is 6.94. The van der Waals surface area contributed by atoms with E-state index in [0.29, 0.717) is 17.6 Å². The number of rotatable bonds is 7. The molecule has 3 nitrogen and oxygen atoms in total. The van der Waals surface area contributed by atoms with Gasteiger partial charge in [-0.1, -0.05) is 41.2 Å². The van der Waals surface area contributed by atoms with Gasteiger partial charge in [-0.15, -0.1) is 0 Å². The van der Waals surface area contributed by atoms with Gasteiger partial charge in [-0.2, -0.15) is 0 Å². The van der Waals surface area contributed by atoms with Gasteiger partial charge in [-0.05, 0) is 32.4 Å². The second-order valence-electron chi connectivity index (χ2n) is 7.57. The molecule has 0 heterocycles. The van der Waals surface area contributed by atoms with Crippen molar-refractivity contribution >= 4 is 5.97 Å². The van der Waals surface area contributed by atoms with E-state index in [4.69, 9.17) is 4.74 Å². The maximum absolute atomic E-state index is 11.4. The summed E-state index contributed by atoms with van der Waals surface area (Å²) in [4.78, 5) is 13.7. The van der Waals surface area contributed by atoms with Gasteiger partial charge >= 0.3 is 5.97 Å². The third-order valence-corrected chi connectivity index (χ3v) is 2.88. The van der Waals surface area contributed by atoms with Crippen molar-refractivity contribution in [1.29, 1.82) is 0 Å². The Morgan fingerprint density at radius 2 is 1.74 bits per heavy atom. The van der Waals surface area contributed by atoms with Crippen LogP contribution in [-0.4, -0.2) is 37.6 Å². The summed E-state index contributed by atoms with van der Waals surface area (Å²) in [6, 6.07) is 0. The molecule has 0 aliphatic rings. The average Bonchev–Trinajstić information content (AvgIpc) is 2.21. The second kappa shape index (κ2) is 7.09. The molecule has 0 spiro atoms. The minimum Gasteiger partial charge on any atom is -0.462 e. The highest BCUT2D eigenvalue weighted by Gasteiger charge is 2.23. The van der Waals surface area contributed by atoms with Crippen LogP contribution in [0.1, 0.15) is 48.0 Å². The highest BCUT2D eigenvalue weighted by atomic mass is 16.5. The highest BCUT2D eigenvalue weighted by molar-refractivity contribution is 5.86. The third-order valence-electron chi connectivity index (χ3n) is 2.88. The molecule has 3 heteroatoms. The molecule has 0 aliphatic heterocycles. The first-order valence-corrected chi connectivity index (χ1v) is 6.94. The summed E-state index contributed by atoms with van der Waals surface area (Å²) in [6.07, 6.45) is 1.16. The van der Waals surface area contributed by atoms with Gasteiger partial charge < -0.3 is 9.64 Å². The fraction of sp³-hybridized carbons (Fsp3) is 0.812. The number of carbonyl (C=O) groups excluding carboxylic acids is 1. The molecule has 0 saturated heterocycles. The van der Waals surface area contributed by atoms with E-state index < -0.39 is 0 Å². The molecule has 0 amide bonds. The van der Waals surface area contributed by atoms with E-state index >= 15 is 0 Å². The molecule has 0 fully saturated rings. The van der Waals surface area contributed by atoms with Crippen LogP contribution < -0.4 is 0 Å². The van der Waals surface area contributed by atoms with Crippen molar-refractivity contribution in [3.05, 3.63) is 12.2 Å². The van der Waals surface area contributed by atoms with E-state index in [1.54, 1.807) is 6.92 Å². The normalized spacial score (nSPS) is 12.6. The van der Waals surface area contributed by atoms with Gasteiger partial charge in [0.05, 0.1) is 6.61 Å². The lowest BCUT2D eigenvalue weighted by Gasteiger charge is -2.31. The van der Waals surface area contributed by atoms with Gasteiger partial charge in [-0.25, -0.2) is 4.79 Å². The Morgan fingerprint density at radius 3 is 2.16 bits per heavy atom. The van der Waals surface area contributed by atoms with Crippen molar-refractivity contribution < 1.29 is 9.53 Å². The number of carbonyl (C=O) groups is 1. The van der Waals surface area contributed by atoms with Crippen molar-refractivity contribution in [3.63, 3.8) is 0 Å². The quantitative estimate of drug-likeness (QED) is 0.523. The summed E-state index contributed by atoms with van der Waals surface area (Å²) in [5.41, 5.74) is 0.764. The summed E-state index contributed by atoms with van der Waals surface area (Å²) in [7, 11) is 2.12. The summed E-state index contributed by atoms with van der Waals surface area (Å²) >= 11 is 0. The molecule has 112 valence electrons. The zero-order valence-corrected chi connectivity index (χ0v) is 13.8. The maximum atomic E-state index is 11.4. The van der Waals surface area contributed by atoms with Crippen LogP contribution in [0.15, 0.2) is 12.2 Å². The molecule has 0 radical (unpaired) electrons. The van der Waals surface area contributed by atoms with Crippen LogP contribution >= 0.6 is 0 Å². The Kier molecular flexibility index (Phi) is 6.78. The number of hydrogen-bond donors (Lipinski definition) is 0. The Morgan fingerprint density at radius 1 is 1.21 bits per heavy atom. The lowest BCUT2D eigenvalue weighted by Crippen LogP contribution is -2.36. The van der Waals surface area contributed by atoms with E-state index in [0.717, 1.165) is 19.5 Å². The summed E-state index contributed by atoms with van der Waals surface area (Å²) in [6.45, 7) is 18.6. The van der Waals surface area contributed by atoms with Crippen LogP contribution in [0.4, 0.5) is 0 Å². The first-order chi connectivity index (χ1) is 8.43. The molecule has 0 atom stereocenters. The molecular weight excluding hydrogens is 238 g/mol. The standard InChI is InChI=1S/C16H31NO2/c1-13(2)14(18)19-12-16(6,7)11-17(8)10-9-15(3,4)5/h1,9-12H2,2-8H3. The Bertz CT molecular complexity index is 313. The molecular formula is C16H31NO2. The molecule has 0 unspecified atom stereocenters. The van der Waals surface area contributed by atoms with Gasteiger partial charge in [-0.3, -0.25) is 0 Å². The largest absolute Gasteiger partial charge is 0.462 e. The van der Waals surface area contributed by atoms with Gasteiger partial charge in [0, 0.05) is 17.5 Å². The van der Waals surface area contributed by atoms with Crippen molar-refractivity contribution in [2.24, 2.45) is 10.8 Å². The van der Waals surface area contributed by atoms with E-state index in [1.165, 1.54) is 0 Å². The van der Waals surface area contributed by atoms with Crippen molar-refractivity contribution in [1.82, 2.24) is 4.90 Å². The highest BCUT2D eigenvalue weighted by Crippen LogP contribution is 2.21. The molecule has 0 bridgehead atoms. The minimum atomic E-state index is -0.301. The SMILES string of the molecule is C=C(C)C(=O)OCC(C)(C)CN(C)CCC(C)(C)C.